The summed E-state index contributed by atoms with van der Waals surface area (Å²) in [6.07, 6.45) is 2.50. The molecule has 3 heterocycles. The van der Waals surface area contributed by atoms with Crippen molar-refractivity contribution in [2.24, 2.45) is 5.92 Å². The predicted molar refractivity (Wildman–Crippen MR) is 108 cm³/mol. The number of hydrogen-bond acceptors (Lipinski definition) is 5. The van der Waals surface area contributed by atoms with E-state index >= 15 is 0 Å². The molecule has 28 heavy (non-hydrogen) atoms. The number of methoxy groups -OCH3 is 1. The van der Waals surface area contributed by atoms with Crippen molar-refractivity contribution in [3.8, 4) is 11.5 Å². The zero-order valence-electron chi connectivity index (χ0n) is 16.3. The van der Waals surface area contributed by atoms with Gasteiger partial charge in [-0.3, -0.25) is 9.59 Å². The van der Waals surface area contributed by atoms with E-state index in [0.29, 0.717) is 49.4 Å². The number of ether oxygens (including phenoxy) is 2. The van der Waals surface area contributed by atoms with Crippen molar-refractivity contribution in [3.05, 3.63) is 46.2 Å². The van der Waals surface area contributed by atoms with Gasteiger partial charge in [-0.1, -0.05) is 13.0 Å². The van der Waals surface area contributed by atoms with Gasteiger partial charge in [-0.15, -0.1) is 11.3 Å². The van der Waals surface area contributed by atoms with E-state index in [4.69, 9.17) is 9.47 Å². The van der Waals surface area contributed by atoms with E-state index in [1.807, 2.05) is 23.3 Å². The van der Waals surface area contributed by atoms with Crippen LogP contribution in [0.5, 0.6) is 11.5 Å². The van der Waals surface area contributed by atoms with Crippen LogP contribution in [0.15, 0.2) is 35.7 Å². The minimum absolute atomic E-state index is 0.0356. The molecule has 0 aliphatic carbocycles. The van der Waals surface area contributed by atoms with Gasteiger partial charge in [0.05, 0.1) is 19.1 Å². The van der Waals surface area contributed by atoms with Crippen LogP contribution in [0, 0.1) is 5.92 Å². The van der Waals surface area contributed by atoms with Gasteiger partial charge >= 0.3 is 0 Å². The highest BCUT2D eigenvalue weighted by molar-refractivity contribution is 7.09. The maximum Gasteiger partial charge on any atom is 0.225 e. The second-order valence-corrected chi connectivity index (χ2v) is 8.79. The van der Waals surface area contributed by atoms with E-state index in [1.54, 1.807) is 36.6 Å². The van der Waals surface area contributed by atoms with Crippen LogP contribution < -0.4 is 9.47 Å². The number of Topliss-reactive ketones (excluding diaryl/α,β-unsaturated/α-hetero) is 1. The molecular weight excluding hydrogens is 374 g/mol. The first-order valence-corrected chi connectivity index (χ1v) is 10.6. The lowest BCUT2D eigenvalue weighted by Crippen LogP contribution is -2.53. The lowest BCUT2D eigenvalue weighted by Gasteiger charge is -2.44. The molecule has 0 radical (unpaired) electrons. The fourth-order valence-electron chi connectivity index (χ4n) is 4.14. The molecule has 4 rings (SSSR count). The third-order valence-electron chi connectivity index (χ3n) is 5.79. The Hall–Kier alpha value is -2.34. The summed E-state index contributed by atoms with van der Waals surface area (Å²) in [5.41, 5.74) is 0.110. The zero-order chi connectivity index (χ0) is 19.7. The van der Waals surface area contributed by atoms with E-state index < -0.39 is 5.60 Å². The number of likely N-dealkylation sites (tertiary alicyclic amines) is 1. The molecule has 1 amide bonds. The third-order valence-corrected chi connectivity index (χ3v) is 6.69. The maximum absolute atomic E-state index is 12.8. The molecule has 5 nitrogen and oxygen atoms in total. The molecule has 1 atom stereocenters. The van der Waals surface area contributed by atoms with Gasteiger partial charge in [0, 0.05) is 42.8 Å². The number of benzene rings is 1. The highest BCUT2D eigenvalue weighted by Crippen LogP contribution is 2.41. The van der Waals surface area contributed by atoms with Gasteiger partial charge in [0.2, 0.25) is 5.91 Å². The van der Waals surface area contributed by atoms with Gasteiger partial charge in [0.25, 0.3) is 0 Å². The number of hydrogen-bond donors (Lipinski definition) is 0. The molecule has 1 aromatic carbocycles. The number of carbonyl (C=O) groups is 2. The topological polar surface area (TPSA) is 55.8 Å². The van der Waals surface area contributed by atoms with Crippen molar-refractivity contribution in [1.29, 1.82) is 0 Å². The molecule has 2 aromatic rings. The number of fused-ring (bicyclic) bond motifs is 1. The van der Waals surface area contributed by atoms with Gasteiger partial charge in [-0.25, -0.2) is 0 Å². The van der Waals surface area contributed by atoms with E-state index in [-0.39, 0.29) is 17.6 Å². The molecule has 148 valence electrons. The average Bonchev–Trinajstić information content (AvgIpc) is 3.20. The summed E-state index contributed by atoms with van der Waals surface area (Å²) >= 11 is 1.69. The first kappa shape index (κ1) is 19.0. The van der Waals surface area contributed by atoms with Gasteiger partial charge in [0.1, 0.15) is 17.1 Å². The van der Waals surface area contributed by atoms with Crippen LogP contribution in [0.3, 0.4) is 0 Å². The molecule has 0 saturated carbocycles. The van der Waals surface area contributed by atoms with E-state index in [2.05, 4.69) is 6.07 Å². The summed E-state index contributed by atoms with van der Waals surface area (Å²) in [6, 6.07) is 9.44. The Morgan fingerprint density at radius 3 is 2.79 bits per heavy atom. The Kier molecular flexibility index (Phi) is 5.15. The van der Waals surface area contributed by atoms with Crippen LogP contribution in [0.4, 0.5) is 0 Å². The summed E-state index contributed by atoms with van der Waals surface area (Å²) in [5, 5.41) is 2.04. The molecule has 1 unspecified atom stereocenters. The molecule has 1 saturated heterocycles. The van der Waals surface area contributed by atoms with Crippen molar-refractivity contribution in [3.63, 3.8) is 0 Å². The number of rotatable bonds is 4. The Morgan fingerprint density at radius 1 is 1.32 bits per heavy atom. The van der Waals surface area contributed by atoms with Crippen LogP contribution in [-0.4, -0.2) is 42.4 Å². The van der Waals surface area contributed by atoms with Crippen molar-refractivity contribution in [2.75, 3.05) is 20.2 Å². The smallest absolute Gasteiger partial charge is 0.225 e. The Bertz CT molecular complexity index is 869. The molecule has 1 spiro atoms. The normalized spacial score (nSPS) is 19.1. The fourth-order valence-corrected chi connectivity index (χ4v) is 4.98. The minimum atomic E-state index is -0.510. The van der Waals surface area contributed by atoms with Gasteiger partial charge in [-0.2, -0.15) is 0 Å². The molecule has 0 bridgehead atoms. The number of thiophene rings is 1. The fraction of sp³-hybridized carbons (Fsp3) is 0.455. The molecule has 0 N–H and O–H groups in total. The summed E-state index contributed by atoms with van der Waals surface area (Å²) in [5.74, 6) is 1.54. The first-order chi connectivity index (χ1) is 13.5. The van der Waals surface area contributed by atoms with Crippen molar-refractivity contribution in [1.82, 2.24) is 4.90 Å². The van der Waals surface area contributed by atoms with Crippen LogP contribution in [0.1, 0.15) is 41.4 Å². The van der Waals surface area contributed by atoms with Gasteiger partial charge in [0.15, 0.2) is 5.78 Å². The summed E-state index contributed by atoms with van der Waals surface area (Å²) in [4.78, 5) is 28.7. The van der Waals surface area contributed by atoms with Crippen LogP contribution in [0.2, 0.25) is 0 Å². The zero-order valence-corrected chi connectivity index (χ0v) is 17.1. The summed E-state index contributed by atoms with van der Waals surface area (Å²) in [7, 11) is 1.60. The van der Waals surface area contributed by atoms with E-state index in [0.717, 1.165) is 6.42 Å². The summed E-state index contributed by atoms with van der Waals surface area (Å²) in [6.45, 7) is 3.25. The minimum Gasteiger partial charge on any atom is -0.497 e. The van der Waals surface area contributed by atoms with Crippen molar-refractivity contribution in [2.45, 2.75) is 38.2 Å². The van der Waals surface area contributed by atoms with Crippen LogP contribution >= 0.6 is 11.3 Å². The number of ketones is 1. The first-order valence-electron chi connectivity index (χ1n) is 9.71. The van der Waals surface area contributed by atoms with Crippen LogP contribution in [-0.2, 0) is 11.2 Å². The Labute approximate surface area is 169 Å². The highest BCUT2D eigenvalue weighted by Gasteiger charge is 2.44. The standard InChI is InChI=1S/C22H25NO4S/c1-15(12-17-4-3-11-28-17)21(25)23-9-7-22(8-10-23)14-19(24)18-6-5-16(26-2)13-20(18)27-22/h3-6,11,13,15H,7-10,12,14H2,1-2H3. The molecule has 2 aliphatic heterocycles. The summed E-state index contributed by atoms with van der Waals surface area (Å²) < 4.78 is 11.6. The van der Waals surface area contributed by atoms with E-state index in [1.165, 1.54) is 4.88 Å². The molecule has 2 aliphatic rings. The lowest BCUT2D eigenvalue weighted by atomic mass is 9.82. The second kappa shape index (κ2) is 7.59. The number of nitrogens with zero attached hydrogens (tertiary/aromatic N) is 1. The lowest BCUT2D eigenvalue weighted by molar-refractivity contribution is -0.138. The van der Waals surface area contributed by atoms with Crippen LogP contribution in [0.25, 0.3) is 0 Å². The molecule has 6 heteroatoms. The van der Waals surface area contributed by atoms with Crippen molar-refractivity contribution < 1.29 is 19.1 Å². The second-order valence-electron chi connectivity index (χ2n) is 7.76. The molecule has 1 aromatic heterocycles. The SMILES string of the molecule is COc1ccc2c(c1)OC1(CCN(C(=O)C(C)Cc3cccs3)CC1)CC2=O. The maximum atomic E-state index is 12.8. The van der Waals surface area contributed by atoms with Gasteiger partial charge in [-0.05, 0) is 30.0 Å². The number of piperidine rings is 1. The number of carbonyl (C=O) groups excluding carboxylic acids is 2. The molecule has 1 fully saturated rings. The quantitative estimate of drug-likeness (QED) is 0.781. The van der Waals surface area contributed by atoms with E-state index in [9.17, 15) is 9.59 Å². The van der Waals surface area contributed by atoms with Gasteiger partial charge < -0.3 is 14.4 Å². The average molecular weight is 400 g/mol. The Morgan fingerprint density at radius 2 is 2.11 bits per heavy atom. The highest BCUT2D eigenvalue weighted by atomic mass is 32.1. The van der Waals surface area contributed by atoms with Crippen molar-refractivity contribution >= 4 is 23.0 Å². The Balaban J connectivity index is 1.42. The molecular formula is C22H25NO4S. The number of amides is 1. The predicted octanol–water partition coefficient (Wildman–Crippen LogP) is 3.96. The largest absolute Gasteiger partial charge is 0.497 e. The monoisotopic (exact) mass is 399 g/mol. The third kappa shape index (κ3) is 3.65.